The quantitative estimate of drug-likeness (QED) is 0.684. The van der Waals surface area contributed by atoms with Gasteiger partial charge in [-0.05, 0) is 66.4 Å². The molecule has 0 radical (unpaired) electrons. The van der Waals surface area contributed by atoms with E-state index in [1.165, 1.54) is 5.56 Å². The molecule has 2 aromatic rings. The Bertz CT molecular complexity index is 764. The standard InChI is InChI=1S/C19H23BrN4/c1-6-24(18-8-7-15(12(2)3)10-16(18)20)19-22-14(5)9-17(23-19)13(4)11-21/h7-10,12-13H,6H2,1-5H3. The molecule has 0 spiro atoms. The third-order valence-electron chi connectivity index (χ3n) is 3.99. The van der Waals surface area contributed by atoms with Crippen LogP contribution in [0.2, 0.25) is 0 Å². The van der Waals surface area contributed by atoms with E-state index in [2.05, 4.69) is 75.8 Å². The fraction of sp³-hybridized carbons (Fsp3) is 0.421. The van der Waals surface area contributed by atoms with Gasteiger partial charge in [0.25, 0.3) is 0 Å². The Balaban J connectivity index is 2.49. The van der Waals surface area contributed by atoms with Crippen molar-refractivity contribution in [2.75, 3.05) is 11.4 Å². The van der Waals surface area contributed by atoms with Gasteiger partial charge in [-0.1, -0.05) is 19.9 Å². The zero-order valence-corrected chi connectivity index (χ0v) is 16.4. The van der Waals surface area contributed by atoms with Gasteiger partial charge in [-0.3, -0.25) is 0 Å². The molecule has 126 valence electrons. The van der Waals surface area contributed by atoms with Crippen LogP contribution in [0.1, 0.15) is 56.5 Å². The molecule has 1 atom stereocenters. The van der Waals surface area contributed by atoms with Crippen molar-refractivity contribution >= 4 is 27.6 Å². The second kappa shape index (κ2) is 7.76. The van der Waals surface area contributed by atoms with Crippen LogP contribution in [0.25, 0.3) is 0 Å². The lowest BCUT2D eigenvalue weighted by Gasteiger charge is -2.24. The minimum Gasteiger partial charge on any atom is -0.310 e. The van der Waals surface area contributed by atoms with Crippen molar-refractivity contribution in [3.05, 3.63) is 45.7 Å². The molecule has 4 nitrogen and oxygen atoms in total. The minimum atomic E-state index is -0.254. The molecule has 0 N–H and O–H groups in total. The van der Waals surface area contributed by atoms with E-state index in [-0.39, 0.29) is 5.92 Å². The normalized spacial score (nSPS) is 12.1. The van der Waals surface area contributed by atoms with Crippen molar-refractivity contribution in [1.29, 1.82) is 5.26 Å². The van der Waals surface area contributed by atoms with Crippen LogP contribution >= 0.6 is 15.9 Å². The first kappa shape index (κ1) is 18.4. The molecule has 0 amide bonds. The van der Waals surface area contributed by atoms with Crippen molar-refractivity contribution in [2.24, 2.45) is 0 Å². The lowest BCUT2D eigenvalue weighted by Crippen LogP contribution is -2.20. The van der Waals surface area contributed by atoms with Gasteiger partial charge in [0.05, 0.1) is 23.4 Å². The molecular weight excluding hydrogens is 364 g/mol. The summed E-state index contributed by atoms with van der Waals surface area (Å²) in [4.78, 5) is 11.3. The molecule has 1 unspecified atom stereocenters. The fourth-order valence-electron chi connectivity index (χ4n) is 2.51. The van der Waals surface area contributed by atoms with Crippen LogP contribution in [0.5, 0.6) is 0 Å². The average Bonchev–Trinajstić information content (AvgIpc) is 2.55. The molecule has 0 saturated carbocycles. The Hall–Kier alpha value is -1.93. The summed E-state index contributed by atoms with van der Waals surface area (Å²) in [5, 5.41) is 9.18. The molecule has 0 fully saturated rings. The number of aromatic nitrogens is 2. The second-order valence-electron chi connectivity index (χ2n) is 6.19. The van der Waals surface area contributed by atoms with Gasteiger partial charge in [-0.25, -0.2) is 9.97 Å². The summed E-state index contributed by atoms with van der Waals surface area (Å²) in [7, 11) is 0. The summed E-state index contributed by atoms with van der Waals surface area (Å²) in [5.41, 5.74) is 3.94. The van der Waals surface area contributed by atoms with E-state index in [9.17, 15) is 5.26 Å². The van der Waals surface area contributed by atoms with E-state index >= 15 is 0 Å². The van der Waals surface area contributed by atoms with Crippen molar-refractivity contribution in [2.45, 2.75) is 46.5 Å². The van der Waals surface area contributed by atoms with Gasteiger partial charge in [0, 0.05) is 16.7 Å². The lowest BCUT2D eigenvalue weighted by molar-refractivity contribution is 0.853. The SMILES string of the molecule is CCN(c1nc(C)cc(C(C)C#N)n1)c1ccc(C(C)C)cc1Br. The number of nitrogens with zero attached hydrogens (tertiary/aromatic N) is 4. The summed E-state index contributed by atoms with van der Waals surface area (Å²) < 4.78 is 1.02. The summed E-state index contributed by atoms with van der Waals surface area (Å²) >= 11 is 3.68. The molecule has 0 bridgehead atoms. The minimum absolute atomic E-state index is 0.254. The summed E-state index contributed by atoms with van der Waals surface area (Å²) in [6, 6.07) is 10.5. The van der Waals surface area contributed by atoms with Crippen LogP contribution in [0, 0.1) is 18.3 Å². The smallest absolute Gasteiger partial charge is 0.230 e. The maximum absolute atomic E-state index is 9.18. The molecule has 1 aromatic heterocycles. The summed E-state index contributed by atoms with van der Waals surface area (Å²) in [6.07, 6.45) is 0. The lowest BCUT2D eigenvalue weighted by atomic mass is 10.0. The van der Waals surface area contributed by atoms with Crippen LogP contribution < -0.4 is 4.90 Å². The van der Waals surface area contributed by atoms with Crippen molar-refractivity contribution < 1.29 is 0 Å². The van der Waals surface area contributed by atoms with Crippen LogP contribution in [-0.2, 0) is 0 Å². The highest BCUT2D eigenvalue weighted by atomic mass is 79.9. The van der Waals surface area contributed by atoms with Crippen molar-refractivity contribution in [3.63, 3.8) is 0 Å². The number of aryl methyl sites for hydroxylation is 1. The molecule has 2 rings (SSSR count). The molecule has 0 aliphatic carbocycles. The van der Waals surface area contributed by atoms with E-state index in [0.717, 1.165) is 28.1 Å². The van der Waals surface area contributed by atoms with Gasteiger partial charge in [0.2, 0.25) is 5.95 Å². The van der Waals surface area contributed by atoms with E-state index in [0.29, 0.717) is 11.9 Å². The van der Waals surface area contributed by atoms with Gasteiger partial charge < -0.3 is 4.90 Å². The molecule has 0 saturated heterocycles. The highest BCUT2D eigenvalue weighted by molar-refractivity contribution is 9.10. The number of benzene rings is 1. The first-order valence-corrected chi connectivity index (χ1v) is 8.98. The second-order valence-corrected chi connectivity index (χ2v) is 7.05. The average molecular weight is 387 g/mol. The first-order valence-electron chi connectivity index (χ1n) is 8.19. The summed E-state index contributed by atoms with van der Waals surface area (Å²) in [5.74, 6) is 0.854. The van der Waals surface area contributed by atoms with Gasteiger partial charge in [0.1, 0.15) is 0 Å². The molecule has 0 aliphatic heterocycles. The zero-order valence-electron chi connectivity index (χ0n) is 14.8. The Morgan fingerprint density at radius 3 is 2.46 bits per heavy atom. The Morgan fingerprint density at radius 2 is 1.92 bits per heavy atom. The van der Waals surface area contributed by atoms with Gasteiger partial charge in [-0.2, -0.15) is 5.26 Å². The Labute approximate surface area is 152 Å². The third-order valence-corrected chi connectivity index (χ3v) is 4.62. The van der Waals surface area contributed by atoms with Crippen LogP contribution in [0.15, 0.2) is 28.7 Å². The highest BCUT2D eigenvalue weighted by Crippen LogP contribution is 2.33. The van der Waals surface area contributed by atoms with E-state index < -0.39 is 0 Å². The zero-order chi connectivity index (χ0) is 17.9. The first-order chi connectivity index (χ1) is 11.4. The number of hydrogen-bond donors (Lipinski definition) is 0. The predicted octanol–water partition coefficient (Wildman–Crippen LogP) is 5.46. The molecule has 5 heteroatoms. The molecule has 1 heterocycles. The number of anilines is 2. The topological polar surface area (TPSA) is 52.8 Å². The maximum atomic E-state index is 9.18. The predicted molar refractivity (Wildman–Crippen MR) is 102 cm³/mol. The molecule has 24 heavy (non-hydrogen) atoms. The Kier molecular flexibility index (Phi) is 5.95. The largest absolute Gasteiger partial charge is 0.310 e. The Morgan fingerprint density at radius 1 is 1.21 bits per heavy atom. The van der Waals surface area contributed by atoms with Crippen molar-refractivity contribution in [1.82, 2.24) is 9.97 Å². The van der Waals surface area contributed by atoms with Gasteiger partial charge in [0.15, 0.2) is 0 Å². The molecule has 1 aromatic carbocycles. The highest BCUT2D eigenvalue weighted by Gasteiger charge is 2.17. The van der Waals surface area contributed by atoms with Crippen LogP contribution in [0.4, 0.5) is 11.6 Å². The van der Waals surface area contributed by atoms with E-state index in [4.69, 9.17) is 0 Å². The number of nitriles is 1. The molecular formula is C19H23BrN4. The summed E-state index contributed by atoms with van der Waals surface area (Å²) in [6.45, 7) is 11.0. The van der Waals surface area contributed by atoms with Crippen LogP contribution in [-0.4, -0.2) is 16.5 Å². The van der Waals surface area contributed by atoms with Gasteiger partial charge >= 0.3 is 0 Å². The number of hydrogen-bond acceptors (Lipinski definition) is 4. The number of rotatable bonds is 5. The van der Waals surface area contributed by atoms with E-state index in [1.54, 1.807) is 0 Å². The molecule has 0 aliphatic rings. The van der Waals surface area contributed by atoms with Crippen molar-refractivity contribution in [3.8, 4) is 6.07 Å². The van der Waals surface area contributed by atoms with Crippen LogP contribution in [0.3, 0.4) is 0 Å². The fourth-order valence-corrected chi connectivity index (χ4v) is 3.12. The maximum Gasteiger partial charge on any atom is 0.230 e. The monoisotopic (exact) mass is 386 g/mol. The third kappa shape index (κ3) is 3.93. The van der Waals surface area contributed by atoms with Gasteiger partial charge in [-0.15, -0.1) is 0 Å². The van der Waals surface area contributed by atoms with E-state index in [1.807, 2.05) is 19.9 Å². The number of halogens is 1.